The van der Waals surface area contributed by atoms with Gasteiger partial charge in [-0.05, 0) is 165 Å². The zero-order chi connectivity index (χ0) is 80.6. The fourth-order valence-corrected chi connectivity index (χ4v) is 11.1. The van der Waals surface area contributed by atoms with Crippen molar-refractivity contribution in [3.8, 4) is 56.9 Å². The second-order valence-electron chi connectivity index (χ2n) is 24.0. The van der Waals surface area contributed by atoms with Gasteiger partial charge in [0.1, 0.15) is 15.7 Å². The minimum Gasteiger partial charge on any atom is -0.377 e. The maximum atomic E-state index is 11.0. The van der Waals surface area contributed by atoms with Gasteiger partial charge in [-0.1, -0.05) is 41.4 Å². The predicted molar refractivity (Wildman–Crippen MR) is 402 cm³/mol. The van der Waals surface area contributed by atoms with Crippen LogP contribution >= 0.6 is 50.7 Å². The Kier molecular flexibility index (Phi) is 35.7. The quantitative estimate of drug-likeness (QED) is 0.0123. The topological polar surface area (TPSA) is 353 Å². The molecule has 0 atom stereocenters. The molecule has 0 aliphatic carbocycles. The maximum absolute atomic E-state index is 11.0. The first-order chi connectivity index (χ1) is 50.3. The molecule has 1 radical (unpaired) electrons. The Morgan fingerprint density at radius 2 is 0.657 bits per heavy atom. The van der Waals surface area contributed by atoms with Crippen molar-refractivity contribution in [1.29, 1.82) is 0 Å². The summed E-state index contributed by atoms with van der Waals surface area (Å²) in [4.78, 5) is 46.6. The zero-order valence-electron chi connectivity index (χ0n) is 62.7. The van der Waals surface area contributed by atoms with Gasteiger partial charge in [-0.15, -0.1) is 0 Å². The first kappa shape index (κ1) is 91.2. The number of hydrogen-bond donors (Lipinski definition) is 9. The van der Waals surface area contributed by atoms with Gasteiger partial charge in [-0.2, -0.15) is 0 Å². The molecule has 0 aliphatic rings. The third kappa shape index (κ3) is 23.7. The Bertz CT molecular complexity index is 4650. The molecule has 108 heavy (non-hydrogen) atoms. The van der Waals surface area contributed by atoms with Gasteiger partial charge in [-0.25, -0.2) is 4.98 Å². The van der Waals surface area contributed by atoms with Crippen molar-refractivity contribution in [1.82, 2.24) is 20.3 Å². The normalized spacial score (nSPS) is 10.0. The van der Waals surface area contributed by atoms with Gasteiger partial charge in [0.15, 0.2) is 0 Å². The van der Waals surface area contributed by atoms with Gasteiger partial charge < -0.3 is 15.1 Å². The van der Waals surface area contributed by atoms with Gasteiger partial charge in [0, 0.05) is 156 Å². The average molecular weight is 1660 g/mol. The van der Waals surface area contributed by atoms with Crippen LogP contribution in [-0.4, -0.2) is 114 Å². The summed E-state index contributed by atoms with van der Waals surface area (Å²) in [5.41, 5.74) is 14.7. The summed E-state index contributed by atoms with van der Waals surface area (Å²) in [5.74, 6) is 0. The molecule has 11 aromatic heterocycles. The Labute approximate surface area is 659 Å². The number of aromatic nitrogens is 11. The van der Waals surface area contributed by atoms with Crippen molar-refractivity contribution < 1.29 is 111 Å². The van der Waals surface area contributed by atoms with Crippen LogP contribution in [0.15, 0.2) is 170 Å². The molecule has 575 valence electrons. The Morgan fingerprint density at radius 1 is 0.407 bits per heavy atom. The van der Waals surface area contributed by atoms with E-state index in [9.17, 15) is 66.7 Å². The molecule has 0 aromatic carbocycles. The number of carbonyl (C=O) groups is 1. The van der Waals surface area contributed by atoms with Crippen molar-refractivity contribution in [2.45, 2.75) is 83.1 Å². The summed E-state index contributed by atoms with van der Waals surface area (Å²) in [6, 6.07) is 28.2. The monoisotopic (exact) mass is 1660 g/mol. The number of anilines is 2. The summed E-state index contributed by atoms with van der Waals surface area (Å²) in [6.07, 6.45) is 16.5. The zero-order valence-corrected chi connectivity index (χ0v) is 67.5. The van der Waals surface area contributed by atoms with Crippen molar-refractivity contribution in [2.75, 3.05) is 52.1 Å². The molecule has 0 bridgehead atoms. The molecule has 9 N–H and O–H groups in total. The van der Waals surface area contributed by atoms with Crippen LogP contribution in [0.4, 0.5) is 22.7 Å². The summed E-state index contributed by atoms with van der Waals surface area (Å²) in [6.45, 7) is 21.3. The van der Waals surface area contributed by atoms with Crippen molar-refractivity contribution in [3.63, 3.8) is 0 Å². The van der Waals surface area contributed by atoms with Crippen LogP contribution in [0.25, 0.3) is 56.9 Å². The molecule has 0 unspecified atom stereocenters. The van der Waals surface area contributed by atoms with Gasteiger partial charge in [0.05, 0.1) is 77.0 Å². The van der Waals surface area contributed by atoms with E-state index in [1.807, 2.05) is 135 Å². The smallest absolute Gasteiger partial charge is 0.343 e. The van der Waals surface area contributed by atoms with E-state index >= 15 is 0 Å². The number of hydrogen-bond acceptors (Lipinski definition) is 19. The van der Waals surface area contributed by atoms with Crippen LogP contribution in [0.5, 0.6) is 0 Å². The first-order valence-electron chi connectivity index (χ1n) is 32.3. The van der Waals surface area contributed by atoms with Crippen LogP contribution in [0.3, 0.4) is 0 Å². The van der Waals surface area contributed by atoms with E-state index in [0.29, 0.717) is 64.8 Å². The summed E-state index contributed by atoms with van der Waals surface area (Å²) >= 11 is 20.0. The van der Waals surface area contributed by atoms with Gasteiger partial charge in [0.2, 0.25) is 54.8 Å². The number of nitrogens with zero attached hydrogens (tertiary/aromatic N) is 15. The van der Waals surface area contributed by atoms with Crippen LogP contribution in [0.2, 0.25) is 10.0 Å². The third-order valence-electron chi connectivity index (χ3n) is 15.8. The molecule has 0 fully saturated rings. The first-order valence-corrected chi connectivity index (χ1v) is 34.2. The number of nitrogens with one attached hydrogen (secondary N) is 1. The maximum Gasteiger partial charge on any atom is 0.343 e. The number of pyridine rings is 11. The largest absolute Gasteiger partial charge is 0.377 e. The second kappa shape index (κ2) is 42.3. The molecule has 0 saturated heterocycles. The van der Waals surface area contributed by atoms with E-state index in [0.717, 1.165) is 114 Å². The van der Waals surface area contributed by atoms with Gasteiger partial charge >= 0.3 is 45.6 Å². The van der Waals surface area contributed by atoms with Crippen molar-refractivity contribution >= 4 is 78.7 Å². The number of halogens is 4. The van der Waals surface area contributed by atoms with Crippen LogP contribution in [-0.2, 0) is 21.9 Å². The molecule has 11 heterocycles. The molecule has 29 nitrogen and oxygen atoms in total. The number of nitro groups is 2. The molecule has 0 saturated carbocycles. The van der Waals surface area contributed by atoms with Gasteiger partial charge in [-0.3, -0.25) is 76.6 Å². The average Bonchev–Trinajstić information content (AvgIpc) is 0.787. The Balaban J connectivity index is 0.000000335. The van der Waals surface area contributed by atoms with E-state index < -0.39 is 9.85 Å². The minimum absolute atomic E-state index is 0. The van der Waals surface area contributed by atoms with E-state index in [1.165, 1.54) is 51.1 Å². The molecular formula is C74H90BrCl3CuN16O13+8. The van der Waals surface area contributed by atoms with E-state index in [2.05, 4.69) is 73.8 Å². The second-order valence-corrected chi connectivity index (χ2v) is 26.1. The van der Waals surface area contributed by atoms with Gasteiger partial charge in [0.25, 0.3) is 11.4 Å². The molecule has 34 heteroatoms. The van der Waals surface area contributed by atoms with E-state index in [4.69, 9.17) is 23.2 Å². The van der Waals surface area contributed by atoms with E-state index in [1.54, 1.807) is 69.1 Å². The fraction of sp³-hybridized carbons (Fsp3) is 0.243. The molecule has 11 aromatic rings. The Morgan fingerprint density at radius 3 is 0.917 bits per heavy atom. The van der Waals surface area contributed by atoms with E-state index in [-0.39, 0.29) is 56.2 Å². The SMILES string of the molecule is CC(=O)Cl.CNC.Cc1c(Cl)cc[n+](O)c1-c1c(C)c(Cl)cc[n+]1O.Cc1c(N(C)C)cc[n+](O)c1-c1c(C)c(N(C)C)cc[n+]1O.Cc1c([N+](=O)[O-])cc[n+](O)c1-c1c(C)c([N+](=O)[O-])cc[n+]1O.Cc1ccc[n+](O)c1-c1c(C)ccc[n+]1O.Cc1cccnc1-c1ncccc1C.Cc1cccnc1Br.[Cu]. The molecule has 0 spiro atoms. The molecule has 0 amide bonds. The van der Waals surface area contributed by atoms with Crippen molar-refractivity contribution in [2.24, 2.45) is 0 Å². The van der Waals surface area contributed by atoms with Crippen LogP contribution in [0.1, 0.15) is 68.1 Å². The predicted octanol–water partition coefficient (Wildman–Crippen LogP) is 10.9. The summed E-state index contributed by atoms with van der Waals surface area (Å²) in [5, 5.41) is 105. The number of rotatable bonds is 9. The van der Waals surface area contributed by atoms with Crippen molar-refractivity contribution in [3.05, 3.63) is 261 Å². The summed E-state index contributed by atoms with van der Waals surface area (Å²) < 4.78 is 8.03. The number of aryl methyl sites for hydroxylation is 5. The fourth-order valence-electron chi connectivity index (χ4n) is 10.6. The number of carbonyl (C=O) groups excluding carboxylic acids is 1. The third-order valence-corrected chi connectivity index (χ3v) is 17.4. The molecule has 11 rings (SSSR count). The standard InChI is InChI=1S/C16H24N4O2.C12H12Cl2N2O2.C12H12N4O6.C12H14N2O2.C12H12N2.C6H6BrN.C2H3ClO.C2H7N.Cu/c1-11-13(17(3)4)7-9-19(21)15(11)16-12(2)14(18(5)6)8-10-20(16)22;1-7-9(13)3-5-15(17)11(7)12-8(2)10(14)4-6-16(12)18;1-7-9(15(19)20)3-5-13(17)11(7)12-8(2)10(16(21)22)4-6-14(12)18;1-9-5-3-7-13(15)11(9)12-10(2)6-4-8-14(12)16;1-9-5-3-7-13-11(9)12-10(2)6-4-8-14-12;1-5-3-2-4-8-6(5)7;1-2(3)4;1-3-2;/h7-10,21-22H,1-6H3;3-6,17-18H,1-2H3;3-6,17-18H,1-2H3;3-8,15-16H,1-2H3;3-8H,1-2H3;2-4H,1H3;1H3;3H,1-2H3;/q4*+2;;;;;. The molecule has 0 aliphatic heterocycles. The van der Waals surface area contributed by atoms with Crippen LogP contribution < -0.4 is 53.0 Å². The summed E-state index contributed by atoms with van der Waals surface area (Å²) in [7, 11) is 11.5. The minimum atomic E-state index is -0.646. The van der Waals surface area contributed by atoms with Crippen LogP contribution in [0, 0.1) is 96.4 Å². The Hall–Kier alpha value is -11.1. The molecular weight excluding hydrogens is 1570 g/mol.